The highest BCUT2D eigenvalue weighted by Gasteiger charge is 2.56. The Morgan fingerprint density at radius 3 is 2.46 bits per heavy atom. The number of amides is 1. The van der Waals surface area contributed by atoms with E-state index < -0.39 is 10.7 Å². The Balaban J connectivity index is 1.84. The zero-order chi connectivity index (χ0) is 9.64. The van der Waals surface area contributed by atoms with Crippen LogP contribution in [0, 0.1) is 11.8 Å². The lowest BCUT2D eigenvalue weighted by molar-refractivity contribution is -0.134. The molecule has 1 aliphatic heterocycles. The van der Waals surface area contributed by atoms with Crippen molar-refractivity contribution in [2.75, 3.05) is 13.2 Å². The summed E-state index contributed by atoms with van der Waals surface area (Å²) in [6.45, 7) is 1.15. The zero-order valence-electron chi connectivity index (χ0n) is 6.60. The number of rotatable bonds is 2. The molecule has 0 spiro atoms. The molecule has 0 bridgehead atoms. The zero-order valence-corrected chi connectivity index (χ0v) is 8.18. The number of hydrogen-bond donors (Lipinski definition) is 1. The number of halogens is 3. The van der Waals surface area contributed by atoms with Crippen LogP contribution in [0.25, 0.3) is 0 Å². The normalized spacial score (nSPS) is 37.0. The first kappa shape index (κ1) is 9.33. The summed E-state index contributed by atoms with van der Waals surface area (Å²) in [5.74, 6) is -0.760. The average molecular weight is 256 g/mol. The predicted octanol–water partition coefficient (Wildman–Crippen LogP) is 0.735. The molecule has 0 aromatic carbocycles. The third-order valence-electron chi connectivity index (χ3n) is 2.51. The highest BCUT2D eigenvalue weighted by atomic mass is 79.9. The largest absolute Gasteiger partial charge is 0.381 e. The lowest BCUT2D eigenvalue weighted by Crippen LogP contribution is -2.39. The summed E-state index contributed by atoms with van der Waals surface area (Å²) in [5, 5.41) is 2.28. The highest BCUT2D eigenvalue weighted by Crippen LogP contribution is 2.44. The Hall–Kier alpha value is -0.230. The first-order valence-electron chi connectivity index (χ1n) is 3.95. The van der Waals surface area contributed by atoms with Gasteiger partial charge in [-0.3, -0.25) is 4.79 Å². The summed E-state index contributed by atoms with van der Waals surface area (Å²) in [5.41, 5.74) is 0. The van der Waals surface area contributed by atoms with Gasteiger partial charge in [-0.15, -0.1) is 0 Å². The molecule has 74 valence electrons. The van der Waals surface area contributed by atoms with E-state index in [2.05, 4.69) is 5.32 Å². The number of alkyl halides is 3. The molecule has 1 saturated carbocycles. The Morgan fingerprint density at radius 2 is 2.00 bits per heavy atom. The van der Waals surface area contributed by atoms with Crippen LogP contribution in [0.1, 0.15) is 0 Å². The number of ether oxygens (including phenoxy) is 1. The second kappa shape index (κ2) is 2.88. The van der Waals surface area contributed by atoms with E-state index in [1.54, 1.807) is 0 Å². The average Bonchev–Trinajstić information content (AvgIpc) is 2.47. The van der Waals surface area contributed by atoms with Gasteiger partial charge in [0.05, 0.1) is 13.2 Å². The van der Waals surface area contributed by atoms with Crippen molar-refractivity contribution in [3.8, 4) is 0 Å². The first-order valence-corrected chi connectivity index (χ1v) is 4.75. The van der Waals surface area contributed by atoms with Gasteiger partial charge in [0.15, 0.2) is 0 Å². The number of carbonyl (C=O) groups excluding carboxylic acids is 1. The second-order valence-corrected chi connectivity index (χ2v) is 4.36. The summed E-state index contributed by atoms with van der Waals surface area (Å²) in [6, 6.07) is -0.107. The molecule has 13 heavy (non-hydrogen) atoms. The third-order valence-corrected chi connectivity index (χ3v) is 2.87. The minimum absolute atomic E-state index is 0.107. The number of nitrogens with one attached hydrogen (secondary N) is 1. The second-order valence-electron chi connectivity index (χ2n) is 3.36. The van der Waals surface area contributed by atoms with Crippen LogP contribution in [0.5, 0.6) is 0 Å². The molecule has 0 aromatic rings. The SMILES string of the molecule is O=C(NC1[C@H]2COC[C@H]12)C(F)(F)Br. The van der Waals surface area contributed by atoms with Crippen molar-refractivity contribution < 1.29 is 18.3 Å². The topological polar surface area (TPSA) is 38.3 Å². The molecule has 1 amide bonds. The molecule has 1 heterocycles. The van der Waals surface area contributed by atoms with Crippen LogP contribution < -0.4 is 5.32 Å². The molecule has 2 fully saturated rings. The summed E-state index contributed by atoms with van der Waals surface area (Å²) in [7, 11) is 0. The fraction of sp³-hybridized carbons (Fsp3) is 0.857. The van der Waals surface area contributed by atoms with E-state index in [1.807, 2.05) is 15.9 Å². The molecule has 0 aromatic heterocycles. The van der Waals surface area contributed by atoms with E-state index in [-0.39, 0.29) is 17.9 Å². The van der Waals surface area contributed by atoms with Crippen LogP contribution in [0.2, 0.25) is 0 Å². The smallest absolute Gasteiger partial charge is 0.377 e. The van der Waals surface area contributed by atoms with Gasteiger partial charge in [-0.05, 0) is 0 Å². The Bertz CT molecular complexity index is 233. The van der Waals surface area contributed by atoms with Gasteiger partial charge < -0.3 is 10.1 Å². The number of hydrogen-bond acceptors (Lipinski definition) is 2. The standard InChI is InChI=1S/C7H8BrF2NO2/c8-7(9,10)6(12)11-5-3-1-13-2-4(3)5/h3-5H,1-2H2,(H,11,12)/t3-,4-/m0/s1. The van der Waals surface area contributed by atoms with E-state index in [4.69, 9.17) is 4.74 Å². The summed E-state index contributed by atoms with van der Waals surface area (Å²) >= 11 is 2.00. The molecule has 1 aliphatic carbocycles. The summed E-state index contributed by atoms with van der Waals surface area (Å²) in [6.07, 6.45) is 0. The quantitative estimate of drug-likeness (QED) is 0.740. The minimum Gasteiger partial charge on any atom is -0.381 e. The summed E-state index contributed by atoms with van der Waals surface area (Å²) in [4.78, 5) is 7.34. The monoisotopic (exact) mass is 255 g/mol. The third kappa shape index (κ3) is 1.69. The molecule has 6 heteroatoms. The van der Waals surface area contributed by atoms with Crippen molar-refractivity contribution in [1.29, 1.82) is 0 Å². The lowest BCUT2D eigenvalue weighted by Gasteiger charge is -2.10. The van der Waals surface area contributed by atoms with Crippen molar-refractivity contribution in [1.82, 2.24) is 5.32 Å². The van der Waals surface area contributed by atoms with E-state index in [9.17, 15) is 13.6 Å². The van der Waals surface area contributed by atoms with Crippen molar-refractivity contribution in [3.63, 3.8) is 0 Å². The molecular weight excluding hydrogens is 248 g/mol. The molecule has 1 N–H and O–H groups in total. The van der Waals surface area contributed by atoms with Crippen LogP contribution in [0.4, 0.5) is 8.78 Å². The van der Waals surface area contributed by atoms with Gasteiger partial charge in [0.1, 0.15) is 0 Å². The van der Waals surface area contributed by atoms with E-state index >= 15 is 0 Å². The van der Waals surface area contributed by atoms with Crippen LogP contribution >= 0.6 is 15.9 Å². The summed E-state index contributed by atoms with van der Waals surface area (Å²) < 4.78 is 29.8. The minimum atomic E-state index is -3.45. The molecule has 2 aliphatic rings. The predicted molar refractivity (Wildman–Crippen MR) is 43.6 cm³/mol. The highest BCUT2D eigenvalue weighted by molar-refractivity contribution is 9.10. The van der Waals surface area contributed by atoms with Gasteiger partial charge in [-0.25, -0.2) is 0 Å². The first-order chi connectivity index (χ1) is 6.00. The van der Waals surface area contributed by atoms with Crippen LogP contribution in [0.3, 0.4) is 0 Å². The van der Waals surface area contributed by atoms with Crippen molar-refractivity contribution in [2.24, 2.45) is 11.8 Å². The van der Waals surface area contributed by atoms with Gasteiger partial charge in [0, 0.05) is 33.8 Å². The van der Waals surface area contributed by atoms with Crippen molar-refractivity contribution in [3.05, 3.63) is 0 Å². The number of fused-ring (bicyclic) bond motifs is 1. The fourth-order valence-corrected chi connectivity index (χ4v) is 1.80. The molecule has 0 unspecified atom stereocenters. The molecule has 2 rings (SSSR count). The molecular formula is C7H8BrF2NO2. The van der Waals surface area contributed by atoms with Crippen LogP contribution in [0.15, 0.2) is 0 Å². The Morgan fingerprint density at radius 1 is 1.46 bits per heavy atom. The van der Waals surface area contributed by atoms with Gasteiger partial charge in [0.2, 0.25) is 0 Å². The fourth-order valence-electron chi connectivity index (χ4n) is 1.69. The number of carbonyl (C=O) groups is 1. The van der Waals surface area contributed by atoms with E-state index in [1.165, 1.54) is 0 Å². The van der Waals surface area contributed by atoms with Gasteiger partial charge >= 0.3 is 10.7 Å². The molecule has 0 radical (unpaired) electrons. The maximum absolute atomic E-state index is 12.4. The van der Waals surface area contributed by atoms with Gasteiger partial charge in [-0.2, -0.15) is 8.78 Å². The molecule has 3 nitrogen and oxygen atoms in total. The van der Waals surface area contributed by atoms with Crippen molar-refractivity contribution in [2.45, 2.75) is 10.9 Å². The molecule has 1 saturated heterocycles. The van der Waals surface area contributed by atoms with Crippen LogP contribution in [-0.4, -0.2) is 30.0 Å². The Kier molecular flexibility index (Phi) is 2.07. The van der Waals surface area contributed by atoms with Gasteiger partial charge in [-0.1, -0.05) is 0 Å². The molecule has 2 atom stereocenters. The maximum Gasteiger partial charge on any atom is 0.377 e. The van der Waals surface area contributed by atoms with Gasteiger partial charge in [0.25, 0.3) is 0 Å². The van der Waals surface area contributed by atoms with E-state index in [0.717, 1.165) is 0 Å². The maximum atomic E-state index is 12.4. The van der Waals surface area contributed by atoms with Crippen molar-refractivity contribution >= 4 is 21.8 Å². The lowest BCUT2D eigenvalue weighted by atomic mass is 10.4. The van der Waals surface area contributed by atoms with Crippen LogP contribution in [-0.2, 0) is 9.53 Å². The van der Waals surface area contributed by atoms with E-state index in [0.29, 0.717) is 13.2 Å². The Labute approximate surface area is 81.9 Å².